The molecule has 1 aliphatic heterocycles. The lowest BCUT2D eigenvalue weighted by atomic mass is 9.96. The quantitative estimate of drug-likeness (QED) is 0.336. The summed E-state index contributed by atoms with van der Waals surface area (Å²) < 4.78 is 33.5. The second-order valence-corrected chi connectivity index (χ2v) is 9.11. The van der Waals surface area contributed by atoms with Crippen molar-refractivity contribution in [2.45, 2.75) is 37.8 Å². The molecule has 8 heteroatoms. The van der Waals surface area contributed by atoms with E-state index in [0.717, 1.165) is 28.6 Å². The molecule has 1 saturated heterocycles. The zero-order valence-electron chi connectivity index (χ0n) is 16.9. The molecule has 1 atom stereocenters. The number of aryl methyl sites for hydroxylation is 1. The smallest absolute Gasteiger partial charge is 0.298 e. The maximum atomic E-state index is 15.4. The van der Waals surface area contributed by atoms with Crippen LogP contribution in [0.3, 0.4) is 0 Å². The van der Waals surface area contributed by atoms with Crippen molar-refractivity contribution in [1.82, 2.24) is 9.62 Å². The van der Waals surface area contributed by atoms with Crippen LogP contribution in [0.4, 0.5) is 8.78 Å². The van der Waals surface area contributed by atoms with E-state index < -0.39 is 17.9 Å². The maximum Gasteiger partial charge on any atom is 0.298 e. The van der Waals surface area contributed by atoms with Gasteiger partial charge in [-0.15, -0.1) is 0 Å². The SMILES string of the molecule is Cc1ccc(-c2ccc(C(F)(F)C(NSCS)C(=O)N3CCC(N)CC3)cc2)cc1. The van der Waals surface area contributed by atoms with Crippen molar-refractivity contribution >= 4 is 30.5 Å². The molecule has 0 spiro atoms. The highest BCUT2D eigenvalue weighted by Crippen LogP contribution is 2.35. The molecule has 2 aromatic rings. The van der Waals surface area contributed by atoms with Crippen LogP contribution >= 0.6 is 24.6 Å². The Kier molecular flexibility index (Phi) is 7.79. The van der Waals surface area contributed by atoms with Gasteiger partial charge in [0.2, 0.25) is 5.91 Å². The Balaban J connectivity index is 1.82. The average molecular weight is 452 g/mol. The minimum absolute atomic E-state index is 0.0158. The van der Waals surface area contributed by atoms with Gasteiger partial charge in [-0.3, -0.25) is 4.79 Å². The van der Waals surface area contributed by atoms with Crippen LogP contribution in [-0.2, 0) is 10.7 Å². The van der Waals surface area contributed by atoms with Crippen LogP contribution in [0.15, 0.2) is 48.5 Å². The highest BCUT2D eigenvalue weighted by atomic mass is 32.2. The first-order chi connectivity index (χ1) is 14.3. The van der Waals surface area contributed by atoms with Crippen LogP contribution in [0, 0.1) is 6.92 Å². The first kappa shape index (κ1) is 23.1. The maximum absolute atomic E-state index is 15.4. The van der Waals surface area contributed by atoms with Crippen molar-refractivity contribution in [2.24, 2.45) is 5.73 Å². The first-order valence-electron chi connectivity index (χ1n) is 9.91. The number of carbonyl (C=O) groups is 1. The molecule has 0 radical (unpaired) electrons. The van der Waals surface area contributed by atoms with Crippen molar-refractivity contribution in [3.63, 3.8) is 0 Å². The summed E-state index contributed by atoms with van der Waals surface area (Å²) in [5.41, 5.74) is 8.62. The van der Waals surface area contributed by atoms with Crippen LogP contribution in [0.25, 0.3) is 11.1 Å². The molecule has 0 aliphatic carbocycles. The van der Waals surface area contributed by atoms with Crippen molar-refractivity contribution in [3.05, 3.63) is 59.7 Å². The number of amides is 1. The van der Waals surface area contributed by atoms with E-state index in [1.54, 1.807) is 12.1 Å². The number of halogens is 2. The fraction of sp³-hybridized carbons (Fsp3) is 0.409. The van der Waals surface area contributed by atoms with Gasteiger partial charge < -0.3 is 10.6 Å². The zero-order chi connectivity index (χ0) is 21.7. The molecule has 4 nitrogen and oxygen atoms in total. The predicted octanol–water partition coefficient (Wildman–Crippen LogP) is 4.20. The number of likely N-dealkylation sites (tertiary alicyclic amines) is 1. The minimum Gasteiger partial charge on any atom is -0.341 e. The molecule has 30 heavy (non-hydrogen) atoms. The van der Waals surface area contributed by atoms with E-state index in [1.165, 1.54) is 17.0 Å². The van der Waals surface area contributed by atoms with E-state index >= 15 is 8.78 Å². The summed E-state index contributed by atoms with van der Waals surface area (Å²) in [4.78, 5) is 14.4. The molecular formula is C22H27F2N3OS2. The summed E-state index contributed by atoms with van der Waals surface area (Å²) in [5, 5.41) is 0.275. The number of piperidine rings is 1. The first-order valence-corrected chi connectivity index (χ1v) is 11.5. The summed E-state index contributed by atoms with van der Waals surface area (Å²) >= 11 is 5.05. The van der Waals surface area contributed by atoms with E-state index in [0.29, 0.717) is 25.9 Å². The summed E-state index contributed by atoms with van der Waals surface area (Å²) in [7, 11) is 0. The normalized spacial score (nSPS) is 16.5. The molecule has 1 amide bonds. The molecule has 1 fully saturated rings. The number of nitrogens with two attached hydrogens (primary N) is 1. The molecule has 2 aromatic carbocycles. The lowest BCUT2D eigenvalue weighted by Gasteiger charge is -2.35. The third-order valence-corrected chi connectivity index (χ3v) is 6.30. The molecule has 3 N–H and O–H groups in total. The van der Waals surface area contributed by atoms with Crippen molar-refractivity contribution in [3.8, 4) is 11.1 Å². The van der Waals surface area contributed by atoms with Gasteiger partial charge in [0.05, 0.1) is 5.08 Å². The standard InChI is InChI=1S/C22H27F2N3OS2/c1-15-2-4-16(5-3-15)17-6-8-18(9-7-17)22(23,24)20(26-30-14-29)21(28)27-12-10-19(25)11-13-27/h2-9,19-20,26,29H,10-14,25H2,1H3. The Bertz CT molecular complexity index is 838. The van der Waals surface area contributed by atoms with Crippen molar-refractivity contribution < 1.29 is 13.6 Å². The average Bonchev–Trinajstić information content (AvgIpc) is 2.75. The summed E-state index contributed by atoms with van der Waals surface area (Å²) in [6.45, 7) is 2.79. The highest BCUT2D eigenvalue weighted by molar-refractivity contribution is 8.08. The van der Waals surface area contributed by atoms with Gasteiger partial charge in [-0.1, -0.05) is 66.0 Å². The van der Waals surface area contributed by atoms with E-state index in [9.17, 15) is 4.79 Å². The Labute approximate surface area is 186 Å². The molecule has 1 heterocycles. The van der Waals surface area contributed by atoms with Gasteiger partial charge in [0, 0.05) is 24.7 Å². The number of rotatable bonds is 7. The summed E-state index contributed by atoms with van der Waals surface area (Å²) in [5.74, 6) is -3.98. The Morgan fingerprint density at radius 2 is 1.70 bits per heavy atom. The molecule has 162 valence electrons. The number of alkyl halides is 2. The molecule has 1 unspecified atom stereocenters. The monoisotopic (exact) mass is 451 g/mol. The number of carbonyl (C=O) groups excluding carboxylic acids is 1. The van der Waals surface area contributed by atoms with Gasteiger partial charge in [-0.25, -0.2) is 4.72 Å². The lowest BCUT2D eigenvalue weighted by molar-refractivity contribution is -0.145. The van der Waals surface area contributed by atoms with E-state index in [-0.39, 0.29) is 16.7 Å². The van der Waals surface area contributed by atoms with Crippen LogP contribution in [-0.4, -0.2) is 41.1 Å². The number of nitrogens with zero attached hydrogens (tertiary/aromatic N) is 1. The molecule has 3 rings (SSSR count). The van der Waals surface area contributed by atoms with Gasteiger partial charge in [0.15, 0.2) is 6.04 Å². The molecule has 0 saturated carbocycles. The number of benzene rings is 2. The van der Waals surface area contributed by atoms with E-state index in [1.807, 2.05) is 31.2 Å². The number of thiol groups is 1. The summed E-state index contributed by atoms with van der Waals surface area (Å²) in [6, 6.07) is 12.4. The van der Waals surface area contributed by atoms with E-state index in [4.69, 9.17) is 5.73 Å². The fourth-order valence-electron chi connectivity index (χ4n) is 3.50. The van der Waals surface area contributed by atoms with Crippen LogP contribution in [0.5, 0.6) is 0 Å². The van der Waals surface area contributed by atoms with Crippen LogP contribution in [0.1, 0.15) is 24.0 Å². The molecule has 1 aliphatic rings. The zero-order valence-corrected chi connectivity index (χ0v) is 18.6. The van der Waals surface area contributed by atoms with Crippen molar-refractivity contribution in [2.75, 3.05) is 18.2 Å². The topological polar surface area (TPSA) is 58.4 Å². The second-order valence-electron chi connectivity index (χ2n) is 7.55. The predicted molar refractivity (Wildman–Crippen MR) is 123 cm³/mol. The fourth-order valence-corrected chi connectivity index (χ4v) is 4.21. The Hall–Kier alpha value is -1.61. The van der Waals surface area contributed by atoms with Gasteiger partial charge in [-0.05, 0) is 30.9 Å². The molecular weight excluding hydrogens is 424 g/mol. The number of nitrogens with one attached hydrogen (secondary N) is 1. The highest BCUT2D eigenvalue weighted by Gasteiger charge is 2.47. The van der Waals surface area contributed by atoms with Gasteiger partial charge >= 0.3 is 0 Å². The summed E-state index contributed by atoms with van der Waals surface area (Å²) in [6.07, 6.45) is 1.24. The van der Waals surface area contributed by atoms with Crippen LogP contribution < -0.4 is 10.5 Å². The number of hydrogen-bond acceptors (Lipinski definition) is 5. The number of hydrogen-bond donors (Lipinski definition) is 3. The Morgan fingerprint density at radius 1 is 1.17 bits per heavy atom. The van der Waals surface area contributed by atoms with Gasteiger partial charge in [0.1, 0.15) is 0 Å². The third-order valence-electron chi connectivity index (χ3n) is 5.38. The molecule has 0 aromatic heterocycles. The second kappa shape index (κ2) is 10.1. The van der Waals surface area contributed by atoms with E-state index in [2.05, 4.69) is 17.4 Å². The molecule has 0 bridgehead atoms. The lowest BCUT2D eigenvalue weighted by Crippen LogP contribution is -2.55. The van der Waals surface area contributed by atoms with Gasteiger partial charge in [-0.2, -0.15) is 21.4 Å². The Morgan fingerprint density at radius 3 is 2.23 bits per heavy atom. The van der Waals surface area contributed by atoms with Crippen LogP contribution in [0.2, 0.25) is 0 Å². The van der Waals surface area contributed by atoms with Crippen molar-refractivity contribution in [1.29, 1.82) is 0 Å². The van der Waals surface area contributed by atoms with Gasteiger partial charge in [0.25, 0.3) is 5.92 Å². The largest absolute Gasteiger partial charge is 0.341 e. The minimum atomic E-state index is -3.38. The third kappa shape index (κ3) is 5.35.